The second-order valence-electron chi connectivity index (χ2n) is 6.00. The highest BCUT2D eigenvalue weighted by Gasteiger charge is 2.15. The van der Waals surface area contributed by atoms with Gasteiger partial charge in [-0.25, -0.2) is 9.78 Å². The largest absolute Gasteiger partial charge is 0.454 e. The molecule has 27 heavy (non-hydrogen) atoms. The van der Waals surface area contributed by atoms with Crippen LogP contribution in [0, 0.1) is 13.8 Å². The Kier molecular flexibility index (Phi) is 5.63. The molecule has 0 atom stereocenters. The average Bonchev–Trinajstić information content (AvgIpc) is 2.98. The summed E-state index contributed by atoms with van der Waals surface area (Å²) in [5, 5.41) is 0.646. The zero-order chi connectivity index (χ0) is 19.6. The molecule has 3 rings (SSSR count). The summed E-state index contributed by atoms with van der Waals surface area (Å²) >= 11 is 11.8. The number of H-pyrrole nitrogens is 1. The van der Waals surface area contributed by atoms with Gasteiger partial charge in [0.15, 0.2) is 6.61 Å². The molecule has 3 aromatic rings. The molecule has 0 unspecified atom stereocenters. The summed E-state index contributed by atoms with van der Waals surface area (Å²) in [4.78, 5) is 31.9. The van der Waals surface area contributed by atoms with Gasteiger partial charge in [-0.05, 0) is 44.2 Å². The van der Waals surface area contributed by atoms with Crippen molar-refractivity contribution in [2.45, 2.75) is 13.8 Å². The number of carbonyl (C=O) groups excluding carboxylic acids is 2. The Hall–Kier alpha value is -2.63. The van der Waals surface area contributed by atoms with Gasteiger partial charge in [-0.15, -0.1) is 0 Å². The first-order chi connectivity index (χ1) is 12.8. The molecule has 0 spiro atoms. The summed E-state index contributed by atoms with van der Waals surface area (Å²) in [5.41, 5.74) is 3.37. The molecule has 7 heteroatoms. The summed E-state index contributed by atoms with van der Waals surface area (Å²) in [7, 11) is 0. The number of nitrogens with zero attached hydrogens (tertiary/aromatic N) is 1. The van der Waals surface area contributed by atoms with Crippen molar-refractivity contribution in [2.24, 2.45) is 0 Å². The minimum atomic E-state index is -0.591. The molecular formula is C20H16Cl2N2O3. The average molecular weight is 403 g/mol. The lowest BCUT2D eigenvalue weighted by Crippen LogP contribution is -2.14. The molecule has 2 aromatic carbocycles. The zero-order valence-electron chi connectivity index (χ0n) is 14.7. The molecule has 0 amide bonds. The summed E-state index contributed by atoms with van der Waals surface area (Å²) in [6.07, 6.45) is 0. The van der Waals surface area contributed by atoms with E-state index in [1.807, 2.05) is 13.8 Å². The van der Waals surface area contributed by atoms with Gasteiger partial charge in [0.1, 0.15) is 5.82 Å². The fraction of sp³-hybridized carbons (Fsp3) is 0.150. The van der Waals surface area contributed by atoms with Gasteiger partial charge in [-0.2, -0.15) is 0 Å². The highest BCUT2D eigenvalue weighted by atomic mass is 35.5. The Labute approximate surface area is 166 Å². The summed E-state index contributed by atoms with van der Waals surface area (Å²) in [6.45, 7) is 3.46. The Morgan fingerprint density at radius 1 is 1.07 bits per heavy atom. The van der Waals surface area contributed by atoms with Crippen molar-refractivity contribution in [3.8, 4) is 11.4 Å². The topological polar surface area (TPSA) is 72.0 Å². The maximum atomic E-state index is 12.2. The van der Waals surface area contributed by atoms with Gasteiger partial charge in [0, 0.05) is 21.8 Å². The molecule has 0 radical (unpaired) electrons. The van der Waals surface area contributed by atoms with Crippen LogP contribution < -0.4 is 0 Å². The quantitative estimate of drug-likeness (QED) is 0.479. The van der Waals surface area contributed by atoms with Crippen LogP contribution in [-0.2, 0) is 4.74 Å². The second-order valence-corrected chi connectivity index (χ2v) is 6.84. The van der Waals surface area contributed by atoms with Crippen LogP contribution in [0.15, 0.2) is 42.5 Å². The number of ketones is 1. The number of ether oxygens (including phenoxy) is 1. The molecule has 5 nitrogen and oxygen atoms in total. The molecule has 0 aliphatic heterocycles. The van der Waals surface area contributed by atoms with Crippen LogP contribution in [0.1, 0.15) is 32.1 Å². The molecule has 0 saturated carbocycles. The van der Waals surface area contributed by atoms with Gasteiger partial charge in [0.25, 0.3) is 0 Å². The van der Waals surface area contributed by atoms with E-state index in [1.54, 1.807) is 30.3 Å². The van der Waals surface area contributed by atoms with Crippen LogP contribution in [0.3, 0.4) is 0 Å². The van der Waals surface area contributed by atoms with E-state index in [1.165, 1.54) is 12.1 Å². The first-order valence-corrected chi connectivity index (χ1v) is 8.90. The van der Waals surface area contributed by atoms with E-state index in [0.29, 0.717) is 10.6 Å². The van der Waals surface area contributed by atoms with Crippen LogP contribution in [-0.4, -0.2) is 28.3 Å². The third-order valence-corrected chi connectivity index (χ3v) is 4.64. The van der Waals surface area contributed by atoms with E-state index in [4.69, 9.17) is 27.9 Å². The van der Waals surface area contributed by atoms with E-state index in [9.17, 15) is 9.59 Å². The number of imidazole rings is 1. The first-order valence-electron chi connectivity index (χ1n) is 8.14. The maximum absolute atomic E-state index is 12.2. The van der Waals surface area contributed by atoms with Gasteiger partial charge in [-0.3, -0.25) is 4.79 Å². The number of nitrogens with one attached hydrogen (secondary N) is 1. The van der Waals surface area contributed by atoms with Gasteiger partial charge in [-0.1, -0.05) is 35.3 Å². The van der Waals surface area contributed by atoms with Crippen molar-refractivity contribution in [2.75, 3.05) is 6.61 Å². The number of aryl methyl sites for hydroxylation is 2. The number of esters is 1. The SMILES string of the molecule is Cc1nc(-c2ccc(C(=O)OCC(=O)c3ccc(Cl)cc3Cl)cc2)[nH]c1C. The zero-order valence-corrected chi connectivity index (χ0v) is 16.2. The molecule has 0 aliphatic carbocycles. The van der Waals surface area contributed by atoms with Crippen LogP contribution in [0.4, 0.5) is 0 Å². The van der Waals surface area contributed by atoms with E-state index in [0.717, 1.165) is 22.8 Å². The Balaban J connectivity index is 1.65. The maximum Gasteiger partial charge on any atom is 0.338 e. The van der Waals surface area contributed by atoms with Gasteiger partial charge in [0.05, 0.1) is 16.3 Å². The van der Waals surface area contributed by atoms with E-state index >= 15 is 0 Å². The molecule has 0 bridgehead atoms. The first kappa shape index (κ1) is 19.1. The van der Waals surface area contributed by atoms with Crippen LogP contribution in [0.25, 0.3) is 11.4 Å². The number of benzene rings is 2. The van der Waals surface area contributed by atoms with E-state index < -0.39 is 18.4 Å². The number of halogens is 2. The van der Waals surface area contributed by atoms with Crippen molar-refractivity contribution in [3.63, 3.8) is 0 Å². The van der Waals surface area contributed by atoms with Gasteiger partial charge >= 0.3 is 5.97 Å². The molecular weight excluding hydrogens is 387 g/mol. The fourth-order valence-corrected chi connectivity index (χ4v) is 2.97. The normalized spacial score (nSPS) is 10.7. The summed E-state index contributed by atoms with van der Waals surface area (Å²) < 4.78 is 5.09. The molecule has 1 N–H and O–H groups in total. The fourth-order valence-electron chi connectivity index (χ4n) is 2.46. The van der Waals surface area contributed by atoms with Crippen molar-refractivity contribution in [1.29, 1.82) is 0 Å². The van der Waals surface area contributed by atoms with E-state index in [-0.39, 0.29) is 10.6 Å². The van der Waals surface area contributed by atoms with Gasteiger partial charge in [0.2, 0.25) is 5.78 Å². The standard InChI is InChI=1S/C20H16Cl2N2O3/c1-11-12(2)24-19(23-11)13-3-5-14(6-4-13)20(26)27-10-18(25)16-8-7-15(21)9-17(16)22/h3-9H,10H2,1-2H3,(H,23,24). The number of carbonyl (C=O) groups is 2. The molecule has 1 heterocycles. The number of aromatic nitrogens is 2. The Bertz CT molecular complexity index is 991. The second kappa shape index (κ2) is 7.94. The van der Waals surface area contributed by atoms with Crippen LogP contribution in [0.2, 0.25) is 10.0 Å². The number of Topliss-reactive ketones (excluding diaryl/α,β-unsaturated/α-hetero) is 1. The predicted octanol–water partition coefficient (Wildman–Crippen LogP) is 5.04. The van der Waals surface area contributed by atoms with Crippen LogP contribution >= 0.6 is 23.2 Å². The number of aromatic amines is 1. The van der Waals surface area contributed by atoms with Crippen molar-refractivity contribution in [1.82, 2.24) is 9.97 Å². The van der Waals surface area contributed by atoms with Gasteiger partial charge < -0.3 is 9.72 Å². The van der Waals surface area contributed by atoms with E-state index in [2.05, 4.69) is 9.97 Å². The third-order valence-electron chi connectivity index (χ3n) is 4.09. The molecule has 0 aliphatic rings. The lowest BCUT2D eigenvalue weighted by atomic mass is 10.1. The Morgan fingerprint density at radius 3 is 2.37 bits per heavy atom. The molecule has 138 valence electrons. The van der Waals surface area contributed by atoms with Crippen molar-refractivity contribution >= 4 is 35.0 Å². The minimum Gasteiger partial charge on any atom is -0.454 e. The summed E-state index contributed by atoms with van der Waals surface area (Å²) in [5.74, 6) is -0.257. The summed E-state index contributed by atoms with van der Waals surface area (Å²) in [6, 6.07) is 11.3. The highest BCUT2D eigenvalue weighted by Crippen LogP contribution is 2.22. The molecule has 1 aromatic heterocycles. The van der Waals surface area contributed by atoms with Crippen molar-refractivity contribution in [3.05, 3.63) is 75.0 Å². The minimum absolute atomic E-state index is 0.219. The Morgan fingerprint density at radius 2 is 1.78 bits per heavy atom. The third kappa shape index (κ3) is 4.38. The van der Waals surface area contributed by atoms with Crippen LogP contribution in [0.5, 0.6) is 0 Å². The van der Waals surface area contributed by atoms with Crippen molar-refractivity contribution < 1.29 is 14.3 Å². The number of rotatable bonds is 5. The molecule has 0 fully saturated rings. The lowest BCUT2D eigenvalue weighted by molar-refractivity contribution is 0.0475. The predicted molar refractivity (Wildman–Crippen MR) is 105 cm³/mol. The molecule has 0 saturated heterocycles. The number of hydrogen-bond acceptors (Lipinski definition) is 4. The highest BCUT2D eigenvalue weighted by molar-refractivity contribution is 6.36. The lowest BCUT2D eigenvalue weighted by Gasteiger charge is -2.06. The number of hydrogen-bond donors (Lipinski definition) is 1. The monoisotopic (exact) mass is 402 g/mol. The smallest absolute Gasteiger partial charge is 0.338 e.